The van der Waals surface area contributed by atoms with Crippen molar-refractivity contribution in [1.82, 2.24) is 5.32 Å². The van der Waals surface area contributed by atoms with Gasteiger partial charge in [-0.1, -0.05) is 23.7 Å². The van der Waals surface area contributed by atoms with E-state index < -0.39 is 0 Å². The third-order valence-corrected chi connectivity index (χ3v) is 3.49. The van der Waals surface area contributed by atoms with E-state index in [2.05, 4.69) is 16.7 Å². The van der Waals surface area contributed by atoms with Crippen LogP contribution in [0, 0.1) is 0 Å². The standard InChI is InChI=1S/C17H19ClN2OS/c1-2-21-16-8-6-15(7-9-16)20-17(22)19-11-10-13-4-3-5-14(18)12-13/h3-9,12H,2,10-11H2,1H3,(H2,19,20,22). The largest absolute Gasteiger partial charge is 0.494 e. The van der Waals surface area contributed by atoms with E-state index in [4.69, 9.17) is 28.6 Å². The molecule has 116 valence electrons. The summed E-state index contributed by atoms with van der Waals surface area (Å²) in [6.07, 6.45) is 0.867. The minimum absolute atomic E-state index is 0.603. The van der Waals surface area contributed by atoms with Crippen molar-refractivity contribution in [3.05, 3.63) is 59.1 Å². The number of halogens is 1. The van der Waals surface area contributed by atoms with E-state index in [0.717, 1.165) is 29.4 Å². The summed E-state index contributed by atoms with van der Waals surface area (Å²) in [6, 6.07) is 15.6. The molecule has 2 N–H and O–H groups in total. The first-order chi connectivity index (χ1) is 10.7. The second-order valence-corrected chi connectivity index (χ2v) is 5.56. The highest BCUT2D eigenvalue weighted by Gasteiger charge is 1.99. The van der Waals surface area contributed by atoms with Crippen LogP contribution in [0.2, 0.25) is 5.02 Å². The van der Waals surface area contributed by atoms with Gasteiger partial charge in [0.2, 0.25) is 0 Å². The summed E-state index contributed by atoms with van der Waals surface area (Å²) in [5.41, 5.74) is 2.12. The maximum Gasteiger partial charge on any atom is 0.170 e. The second kappa shape index (κ2) is 8.61. The van der Waals surface area contributed by atoms with Gasteiger partial charge >= 0.3 is 0 Å². The topological polar surface area (TPSA) is 33.3 Å². The van der Waals surface area contributed by atoms with Gasteiger partial charge in [-0.15, -0.1) is 0 Å². The van der Waals surface area contributed by atoms with Crippen LogP contribution in [-0.4, -0.2) is 18.3 Å². The van der Waals surface area contributed by atoms with Crippen molar-refractivity contribution in [3.63, 3.8) is 0 Å². The lowest BCUT2D eigenvalue weighted by Crippen LogP contribution is -2.30. The zero-order chi connectivity index (χ0) is 15.8. The lowest BCUT2D eigenvalue weighted by molar-refractivity contribution is 0.340. The van der Waals surface area contributed by atoms with Crippen molar-refractivity contribution in [1.29, 1.82) is 0 Å². The van der Waals surface area contributed by atoms with Crippen LogP contribution in [0.3, 0.4) is 0 Å². The molecule has 0 saturated carbocycles. The number of rotatable bonds is 6. The highest BCUT2D eigenvalue weighted by molar-refractivity contribution is 7.80. The molecule has 0 bridgehead atoms. The molecular weight excluding hydrogens is 316 g/mol. The molecule has 0 aliphatic heterocycles. The molecule has 2 aromatic carbocycles. The van der Waals surface area contributed by atoms with Crippen molar-refractivity contribution >= 4 is 34.6 Å². The van der Waals surface area contributed by atoms with Gasteiger partial charge < -0.3 is 15.4 Å². The predicted octanol–water partition coefficient (Wildman–Crippen LogP) is 4.27. The maximum atomic E-state index is 5.96. The van der Waals surface area contributed by atoms with Crippen molar-refractivity contribution in [2.24, 2.45) is 0 Å². The smallest absolute Gasteiger partial charge is 0.170 e. The van der Waals surface area contributed by atoms with Crippen LogP contribution in [-0.2, 0) is 6.42 Å². The first-order valence-electron chi connectivity index (χ1n) is 7.19. The van der Waals surface area contributed by atoms with Gasteiger partial charge in [-0.05, 0) is 67.5 Å². The monoisotopic (exact) mass is 334 g/mol. The van der Waals surface area contributed by atoms with E-state index in [1.54, 1.807) is 0 Å². The number of hydrogen-bond donors (Lipinski definition) is 2. The fourth-order valence-corrected chi connectivity index (χ4v) is 2.42. The van der Waals surface area contributed by atoms with E-state index in [1.165, 1.54) is 5.56 Å². The summed E-state index contributed by atoms with van der Waals surface area (Å²) in [6.45, 7) is 3.38. The van der Waals surface area contributed by atoms with E-state index >= 15 is 0 Å². The van der Waals surface area contributed by atoms with Gasteiger partial charge in [-0.3, -0.25) is 0 Å². The summed E-state index contributed by atoms with van der Waals surface area (Å²) >= 11 is 11.2. The van der Waals surface area contributed by atoms with Crippen LogP contribution >= 0.6 is 23.8 Å². The molecule has 5 heteroatoms. The van der Waals surface area contributed by atoms with Gasteiger partial charge in [0.1, 0.15) is 5.75 Å². The normalized spacial score (nSPS) is 10.1. The fraction of sp³-hybridized carbons (Fsp3) is 0.235. The minimum atomic E-state index is 0.603. The zero-order valence-corrected chi connectivity index (χ0v) is 14.0. The third kappa shape index (κ3) is 5.54. The minimum Gasteiger partial charge on any atom is -0.494 e. The number of benzene rings is 2. The van der Waals surface area contributed by atoms with E-state index in [-0.39, 0.29) is 0 Å². The Morgan fingerprint density at radius 3 is 2.64 bits per heavy atom. The van der Waals surface area contributed by atoms with Crippen molar-refractivity contribution < 1.29 is 4.74 Å². The highest BCUT2D eigenvalue weighted by atomic mass is 35.5. The van der Waals surface area contributed by atoms with Crippen LogP contribution in [0.1, 0.15) is 12.5 Å². The van der Waals surface area contributed by atoms with Gasteiger partial charge in [0.25, 0.3) is 0 Å². The molecule has 0 fully saturated rings. The molecule has 2 aromatic rings. The molecular formula is C17H19ClN2OS. The summed E-state index contributed by atoms with van der Waals surface area (Å²) in [7, 11) is 0. The molecule has 0 aliphatic rings. The second-order valence-electron chi connectivity index (χ2n) is 4.72. The molecule has 22 heavy (non-hydrogen) atoms. The van der Waals surface area contributed by atoms with Crippen LogP contribution in [0.4, 0.5) is 5.69 Å². The number of thiocarbonyl (C=S) groups is 1. The molecule has 0 aliphatic carbocycles. The average molecular weight is 335 g/mol. The Morgan fingerprint density at radius 1 is 1.18 bits per heavy atom. The predicted molar refractivity (Wildman–Crippen MR) is 97.0 cm³/mol. The number of ether oxygens (including phenoxy) is 1. The molecule has 0 saturated heterocycles. The average Bonchev–Trinajstić information content (AvgIpc) is 2.50. The van der Waals surface area contributed by atoms with Gasteiger partial charge in [0.15, 0.2) is 5.11 Å². The first-order valence-corrected chi connectivity index (χ1v) is 7.98. The van der Waals surface area contributed by atoms with Crippen LogP contribution in [0.15, 0.2) is 48.5 Å². The third-order valence-electron chi connectivity index (χ3n) is 3.01. The summed E-state index contributed by atoms with van der Waals surface area (Å²) in [5, 5.41) is 7.69. The Labute approximate surface area is 141 Å². The van der Waals surface area contributed by atoms with Crippen LogP contribution in [0.5, 0.6) is 5.75 Å². The van der Waals surface area contributed by atoms with Crippen LogP contribution < -0.4 is 15.4 Å². The molecule has 0 spiro atoms. The molecule has 0 atom stereocenters. The Balaban J connectivity index is 1.75. The number of anilines is 1. The number of nitrogens with one attached hydrogen (secondary N) is 2. The van der Waals surface area contributed by atoms with Gasteiger partial charge in [0, 0.05) is 17.3 Å². The molecule has 0 heterocycles. The number of hydrogen-bond acceptors (Lipinski definition) is 2. The van der Waals surface area contributed by atoms with Crippen LogP contribution in [0.25, 0.3) is 0 Å². The Bertz CT molecular complexity index is 616. The van der Waals surface area contributed by atoms with E-state index in [0.29, 0.717) is 11.7 Å². The van der Waals surface area contributed by atoms with Crippen molar-refractivity contribution in [2.45, 2.75) is 13.3 Å². The van der Waals surface area contributed by atoms with Crippen molar-refractivity contribution in [3.8, 4) is 5.75 Å². The quantitative estimate of drug-likeness (QED) is 0.773. The van der Waals surface area contributed by atoms with Gasteiger partial charge in [-0.25, -0.2) is 0 Å². The molecule has 0 aromatic heterocycles. The van der Waals surface area contributed by atoms with Crippen molar-refractivity contribution in [2.75, 3.05) is 18.5 Å². The SMILES string of the molecule is CCOc1ccc(NC(=S)NCCc2cccc(Cl)c2)cc1. The fourth-order valence-electron chi connectivity index (χ4n) is 1.99. The summed E-state index contributed by atoms with van der Waals surface area (Å²) < 4.78 is 5.40. The summed E-state index contributed by atoms with van der Waals surface area (Å²) in [5.74, 6) is 0.855. The first kappa shape index (κ1) is 16.6. The van der Waals surface area contributed by atoms with Gasteiger partial charge in [0.05, 0.1) is 6.61 Å². The molecule has 2 rings (SSSR count). The maximum absolute atomic E-state index is 5.96. The zero-order valence-electron chi connectivity index (χ0n) is 12.4. The lowest BCUT2D eigenvalue weighted by Gasteiger charge is -2.11. The highest BCUT2D eigenvalue weighted by Crippen LogP contribution is 2.15. The summed E-state index contributed by atoms with van der Waals surface area (Å²) in [4.78, 5) is 0. The Kier molecular flexibility index (Phi) is 6.49. The van der Waals surface area contributed by atoms with Gasteiger partial charge in [-0.2, -0.15) is 0 Å². The Hall–Kier alpha value is -1.78. The molecule has 3 nitrogen and oxygen atoms in total. The van der Waals surface area contributed by atoms with E-state index in [9.17, 15) is 0 Å². The van der Waals surface area contributed by atoms with E-state index in [1.807, 2.05) is 49.4 Å². The molecule has 0 amide bonds. The Morgan fingerprint density at radius 2 is 1.95 bits per heavy atom. The molecule has 0 unspecified atom stereocenters. The lowest BCUT2D eigenvalue weighted by atomic mass is 10.1. The molecule has 0 radical (unpaired) electrons.